The predicted octanol–water partition coefficient (Wildman–Crippen LogP) is 4.73. The minimum atomic E-state index is -0.765. The van der Waals surface area contributed by atoms with Gasteiger partial charge in [0.15, 0.2) is 0 Å². The van der Waals surface area contributed by atoms with Gasteiger partial charge in [0.25, 0.3) is 0 Å². The maximum absolute atomic E-state index is 10.8. The quantitative estimate of drug-likeness (QED) is 0.783. The molecule has 0 saturated carbocycles. The van der Waals surface area contributed by atoms with Gasteiger partial charge in [-0.15, -0.1) is 0 Å². The maximum Gasteiger partial charge on any atom is 0.303 e. The molecule has 0 radical (unpaired) electrons. The number of benzene rings is 1. The third-order valence-corrected chi connectivity index (χ3v) is 5.20. The second kappa shape index (κ2) is 8.17. The molecule has 1 N–H and O–H groups in total. The topological polar surface area (TPSA) is 59.4 Å². The van der Waals surface area contributed by atoms with Crippen LogP contribution in [0.15, 0.2) is 42.2 Å². The molecule has 0 spiro atoms. The van der Waals surface area contributed by atoms with Crippen molar-refractivity contribution in [2.45, 2.75) is 46.0 Å². The number of pyridine rings is 1. The van der Waals surface area contributed by atoms with Gasteiger partial charge >= 0.3 is 5.97 Å². The molecule has 0 aliphatic heterocycles. The lowest BCUT2D eigenvalue weighted by atomic mass is 9.99. The Morgan fingerprint density at radius 1 is 1.19 bits per heavy atom. The highest BCUT2D eigenvalue weighted by atomic mass is 16.5. The zero-order valence-electron chi connectivity index (χ0n) is 15.4. The molecular formula is C22H25NO3. The van der Waals surface area contributed by atoms with Gasteiger partial charge in [0.2, 0.25) is 0 Å². The SMILES string of the molecule is Cc1c(CCC(=O)O)ccc(OCC2=C(c3cccnc3)CCC2)c1C. The number of carbonyl (C=O) groups is 1. The summed E-state index contributed by atoms with van der Waals surface area (Å²) < 4.78 is 6.14. The number of nitrogens with zero attached hydrogens (tertiary/aromatic N) is 1. The van der Waals surface area contributed by atoms with Gasteiger partial charge in [-0.3, -0.25) is 9.78 Å². The average Bonchev–Trinajstić information content (AvgIpc) is 3.11. The van der Waals surface area contributed by atoms with E-state index in [4.69, 9.17) is 9.84 Å². The maximum atomic E-state index is 10.8. The summed E-state index contributed by atoms with van der Waals surface area (Å²) in [5.74, 6) is 0.116. The van der Waals surface area contributed by atoms with Crippen LogP contribution in [0.2, 0.25) is 0 Å². The number of hydrogen-bond donors (Lipinski definition) is 1. The smallest absolute Gasteiger partial charge is 0.303 e. The van der Waals surface area contributed by atoms with E-state index in [1.54, 1.807) is 6.20 Å². The number of hydrogen-bond acceptors (Lipinski definition) is 3. The number of rotatable bonds is 7. The Hall–Kier alpha value is -2.62. The fraction of sp³-hybridized carbons (Fsp3) is 0.364. The molecule has 3 rings (SSSR count). The van der Waals surface area contributed by atoms with Crippen LogP contribution in [0.25, 0.3) is 5.57 Å². The van der Waals surface area contributed by atoms with E-state index in [9.17, 15) is 4.79 Å². The van der Waals surface area contributed by atoms with Gasteiger partial charge in [-0.25, -0.2) is 0 Å². The molecule has 2 aromatic rings. The second-order valence-corrected chi connectivity index (χ2v) is 6.83. The summed E-state index contributed by atoms with van der Waals surface area (Å²) >= 11 is 0. The molecular weight excluding hydrogens is 326 g/mol. The van der Waals surface area contributed by atoms with Gasteiger partial charge in [-0.2, -0.15) is 0 Å². The standard InChI is InChI=1S/C22H25NO3/c1-15-16(2)21(10-8-17(15)9-11-22(24)25)26-14-19-5-3-7-20(19)18-6-4-12-23-13-18/h4,6,8,10,12-13H,3,5,7,9,11,14H2,1-2H3,(H,24,25). The van der Waals surface area contributed by atoms with Crippen molar-refractivity contribution >= 4 is 11.5 Å². The molecule has 0 unspecified atom stereocenters. The Kier molecular flexibility index (Phi) is 5.71. The molecule has 0 atom stereocenters. The zero-order valence-corrected chi connectivity index (χ0v) is 15.4. The lowest BCUT2D eigenvalue weighted by Crippen LogP contribution is -2.05. The number of aryl methyl sites for hydroxylation is 1. The van der Waals surface area contributed by atoms with Crippen molar-refractivity contribution in [3.05, 3.63) is 64.5 Å². The van der Waals surface area contributed by atoms with E-state index in [-0.39, 0.29) is 6.42 Å². The molecule has 0 fully saturated rings. The van der Waals surface area contributed by atoms with Crippen molar-refractivity contribution in [1.82, 2.24) is 4.98 Å². The predicted molar refractivity (Wildman–Crippen MR) is 102 cm³/mol. The van der Waals surface area contributed by atoms with Gasteiger partial charge in [0, 0.05) is 18.8 Å². The molecule has 1 heterocycles. The number of allylic oxidation sites excluding steroid dienone is 1. The van der Waals surface area contributed by atoms with Gasteiger partial charge < -0.3 is 9.84 Å². The second-order valence-electron chi connectivity index (χ2n) is 6.83. The van der Waals surface area contributed by atoms with Crippen LogP contribution in [0.1, 0.15) is 47.9 Å². The normalized spacial score (nSPS) is 13.9. The molecule has 1 aromatic carbocycles. The first-order chi connectivity index (χ1) is 12.6. The molecule has 0 saturated heterocycles. The van der Waals surface area contributed by atoms with Crippen molar-refractivity contribution in [3.8, 4) is 5.75 Å². The Morgan fingerprint density at radius 2 is 2.04 bits per heavy atom. The van der Waals surface area contributed by atoms with Gasteiger partial charge in [-0.1, -0.05) is 12.1 Å². The zero-order chi connectivity index (χ0) is 18.5. The van der Waals surface area contributed by atoms with Crippen LogP contribution in [0.3, 0.4) is 0 Å². The van der Waals surface area contributed by atoms with Crippen LogP contribution in [0.5, 0.6) is 5.75 Å². The van der Waals surface area contributed by atoms with Crippen LogP contribution in [-0.4, -0.2) is 22.7 Å². The molecule has 0 bridgehead atoms. The summed E-state index contributed by atoms with van der Waals surface area (Å²) in [6.45, 7) is 4.67. The van der Waals surface area contributed by atoms with Gasteiger partial charge in [-0.05, 0) is 85.1 Å². The van der Waals surface area contributed by atoms with Crippen molar-refractivity contribution < 1.29 is 14.6 Å². The summed E-state index contributed by atoms with van der Waals surface area (Å²) in [4.78, 5) is 15.0. The van der Waals surface area contributed by atoms with Crippen LogP contribution < -0.4 is 4.74 Å². The first-order valence-electron chi connectivity index (χ1n) is 9.11. The third kappa shape index (κ3) is 4.13. The minimum absolute atomic E-state index is 0.155. The van der Waals surface area contributed by atoms with E-state index in [1.165, 1.54) is 16.7 Å². The van der Waals surface area contributed by atoms with Crippen molar-refractivity contribution in [2.75, 3.05) is 6.61 Å². The van der Waals surface area contributed by atoms with E-state index in [0.717, 1.165) is 41.7 Å². The minimum Gasteiger partial charge on any atom is -0.489 e. The summed E-state index contributed by atoms with van der Waals surface area (Å²) in [5, 5.41) is 8.88. The van der Waals surface area contributed by atoms with Crippen LogP contribution in [-0.2, 0) is 11.2 Å². The Labute approximate surface area is 154 Å². The molecule has 4 nitrogen and oxygen atoms in total. The van der Waals surface area contributed by atoms with Crippen LogP contribution >= 0.6 is 0 Å². The van der Waals surface area contributed by atoms with E-state index in [1.807, 2.05) is 38.2 Å². The molecule has 0 amide bonds. The first-order valence-corrected chi connectivity index (χ1v) is 9.11. The van der Waals surface area contributed by atoms with E-state index in [0.29, 0.717) is 13.0 Å². The summed E-state index contributed by atoms with van der Waals surface area (Å²) in [7, 11) is 0. The number of aromatic nitrogens is 1. The monoisotopic (exact) mass is 351 g/mol. The molecule has 136 valence electrons. The van der Waals surface area contributed by atoms with E-state index >= 15 is 0 Å². The van der Waals surface area contributed by atoms with Crippen LogP contribution in [0.4, 0.5) is 0 Å². The Balaban J connectivity index is 1.73. The van der Waals surface area contributed by atoms with E-state index < -0.39 is 5.97 Å². The molecule has 1 aliphatic carbocycles. The van der Waals surface area contributed by atoms with E-state index in [2.05, 4.69) is 11.1 Å². The van der Waals surface area contributed by atoms with Gasteiger partial charge in [0.1, 0.15) is 12.4 Å². The lowest BCUT2D eigenvalue weighted by Gasteiger charge is -2.15. The fourth-order valence-electron chi connectivity index (χ4n) is 3.54. The summed E-state index contributed by atoms with van der Waals surface area (Å²) in [6, 6.07) is 8.05. The Morgan fingerprint density at radius 3 is 2.77 bits per heavy atom. The average molecular weight is 351 g/mol. The Bertz CT molecular complexity index is 825. The number of ether oxygens (including phenoxy) is 1. The van der Waals surface area contributed by atoms with Gasteiger partial charge in [0.05, 0.1) is 0 Å². The summed E-state index contributed by atoms with van der Waals surface area (Å²) in [5.41, 5.74) is 7.20. The molecule has 26 heavy (non-hydrogen) atoms. The fourth-order valence-corrected chi connectivity index (χ4v) is 3.54. The third-order valence-electron chi connectivity index (χ3n) is 5.20. The molecule has 1 aromatic heterocycles. The summed E-state index contributed by atoms with van der Waals surface area (Å²) in [6.07, 6.45) is 7.74. The molecule has 1 aliphatic rings. The van der Waals surface area contributed by atoms with Crippen molar-refractivity contribution in [3.63, 3.8) is 0 Å². The number of carboxylic acids is 1. The number of aliphatic carboxylic acids is 1. The number of carboxylic acid groups (broad SMARTS) is 1. The first kappa shape index (κ1) is 18.2. The van der Waals surface area contributed by atoms with Crippen molar-refractivity contribution in [1.29, 1.82) is 0 Å². The largest absolute Gasteiger partial charge is 0.489 e. The molecule has 4 heteroatoms. The highest BCUT2D eigenvalue weighted by Gasteiger charge is 2.17. The lowest BCUT2D eigenvalue weighted by molar-refractivity contribution is -0.136. The van der Waals surface area contributed by atoms with Crippen molar-refractivity contribution in [2.24, 2.45) is 0 Å². The highest BCUT2D eigenvalue weighted by molar-refractivity contribution is 5.70. The van der Waals surface area contributed by atoms with Crippen LogP contribution in [0, 0.1) is 13.8 Å². The highest BCUT2D eigenvalue weighted by Crippen LogP contribution is 2.34.